The topological polar surface area (TPSA) is 55.6 Å². The van der Waals surface area contributed by atoms with E-state index in [9.17, 15) is 4.79 Å². The van der Waals surface area contributed by atoms with Crippen molar-refractivity contribution in [1.29, 1.82) is 0 Å². The summed E-state index contributed by atoms with van der Waals surface area (Å²) in [5.74, 6) is 0.114. The van der Waals surface area contributed by atoms with Crippen LogP contribution in [0.5, 0.6) is 0 Å². The van der Waals surface area contributed by atoms with E-state index in [1.165, 1.54) is 6.42 Å². The third-order valence-corrected chi connectivity index (χ3v) is 3.27. The summed E-state index contributed by atoms with van der Waals surface area (Å²) in [6.07, 6.45) is 5.02. The highest BCUT2D eigenvalue weighted by molar-refractivity contribution is 5.82. The predicted molar refractivity (Wildman–Crippen MR) is 64.1 cm³/mol. The Labute approximate surface area is 98.1 Å². The standard InChI is InChI=1S/C12H24N2O2/c1-10-6-3-4-8-14(10)12(15)11(13)7-5-9-16-2/h10-11H,3-9,13H2,1-2H3. The molecule has 0 bridgehead atoms. The van der Waals surface area contributed by atoms with E-state index < -0.39 is 0 Å². The summed E-state index contributed by atoms with van der Waals surface area (Å²) in [6, 6.07) is 0.00502. The number of methoxy groups -OCH3 is 1. The first-order valence-electron chi connectivity index (χ1n) is 6.21. The number of nitrogens with two attached hydrogens (primary N) is 1. The Hall–Kier alpha value is -0.610. The maximum absolute atomic E-state index is 12.1. The van der Waals surface area contributed by atoms with Crippen LogP contribution in [0.4, 0.5) is 0 Å². The third-order valence-electron chi connectivity index (χ3n) is 3.27. The van der Waals surface area contributed by atoms with Crippen LogP contribution in [0.3, 0.4) is 0 Å². The van der Waals surface area contributed by atoms with Gasteiger partial charge in [0.05, 0.1) is 6.04 Å². The van der Waals surface area contributed by atoms with Crippen molar-refractivity contribution in [3.8, 4) is 0 Å². The number of ether oxygens (including phenoxy) is 1. The number of likely N-dealkylation sites (tertiary alicyclic amines) is 1. The van der Waals surface area contributed by atoms with Gasteiger partial charge in [-0.25, -0.2) is 0 Å². The number of amides is 1. The van der Waals surface area contributed by atoms with Gasteiger partial charge >= 0.3 is 0 Å². The Bertz CT molecular complexity index is 221. The number of hydrogen-bond donors (Lipinski definition) is 1. The first-order valence-corrected chi connectivity index (χ1v) is 6.21. The second-order valence-electron chi connectivity index (χ2n) is 4.62. The molecule has 2 atom stereocenters. The molecule has 94 valence electrons. The maximum Gasteiger partial charge on any atom is 0.239 e. The van der Waals surface area contributed by atoms with E-state index in [1.807, 2.05) is 4.90 Å². The molecule has 1 rings (SSSR count). The fourth-order valence-electron chi connectivity index (χ4n) is 2.21. The van der Waals surface area contributed by atoms with Crippen molar-refractivity contribution in [2.45, 2.75) is 51.1 Å². The molecule has 4 heteroatoms. The quantitative estimate of drug-likeness (QED) is 0.718. The fraction of sp³-hybridized carbons (Fsp3) is 0.917. The SMILES string of the molecule is COCCCC(N)C(=O)N1CCCCC1C. The van der Waals surface area contributed by atoms with Gasteiger partial charge in [-0.2, -0.15) is 0 Å². The van der Waals surface area contributed by atoms with Crippen LogP contribution in [0.1, 0.15) is 39.0 Å². The number of hydrogen-bond acceptors (Lipinski definition) is 3. The number of nitrogens with zero attached hydrogens (tertiary/aromatic N) is 1. The predicted octanol–water partition coefficient (Wildman–Crippen LogP) is 1.14. The Kier molecular flexibility index (Phi) is 5.77. The lowest BCUT2D eigenvalue weighted by molar-refractivity contribution is -0.136. The van der Waals surface area contributed by atoms with E-state index in [2.05, 4.69) is 6.92 Å². The first kappa shape index (κ1) is 13.5. The van der Waals surface area contributed by atoms with Gasteiger partial charge in [0.2, 0.25) is 5.91 Å². The van der Waals surface area contributed by atoms with E-state index >= 15 is 0 Å². The van der Waals surface area contributed by atoms with Crippen LogP contribution in [0.2, 0.25) is 0 Å². The Morgan fingerprint density at radius 2 is 2.31 bits per heavy atom. The minimum Gasteiger partial charge on any atom is -0.385 e. The highest BCUT2D eigenvalue weighted by Crippen LogP contribution is 2.17. The lowest BCUT2D eigenvalue weighted by Gasteiger charge is -2.35. The highest BCUT2D eigenvalue weighted by Gasteiger charge is 2.26. The zero-order chi connectivity index (χ0) is 12.0. The van der Waals surface area contributed by atoms with Gasteiger partial charge in [0.15, 0.2) is 0 Å². The highest BCUT2D eigenvalue weighted by atomic mass is 16.5. The van der Waals surface area contributed by atoms with Crippen LogP contribution >= 0.6 is 0 Å². The molecule has 0 aromatic heterocycles. The summed E-state index contributed by atoms with van der Waals surface area (Å²) in [5, 5.41) is 0. The van der Waals surface area contributed by atoms with Crippen molar-refractivity contribution < 1.29 is 9.53 Å². The average molecular weight is 228 g/mol. The number of rotatable bonds is 5. The summed E-state index contributed by atoms with van der Waals surface area (Å²) in [7, 11) is 1.67. The van der Waals surface area contributed by atoms with Gasteiger partial charge in [0.25, 0.3) is 0 Å². The van der Waals surface area contributed by atoms with Gasteiger partial charge < -0.3 is 15.4 Å². The molecule has 4 nitrogen and oxygen atoms in total. The van der Waals surface area contributed by atoms with E-state index in [0.29, 0.717) is 12.6 Å². The van der Waals surface area contributed by atoms with Gasteiger partial charge in [-0.15, -0.1) is 0 Å². The van der Waals surface area contributed by atoms with E-state index in [1.54, 1.807) is 7.11 Å². The van der Waals surface area contributed by atoms with Crippen molar-refractivity contribution >= 4 is 5.91 Å². The number of carbonyl (C=O) groups excluding carboxylic acids is 1. The zero-order valence-electron chi connectivity index (χ0n) is 10.4. The number of piperidine rings is 1. The molecular weight excluding hydrogens is 204 g/mol. The van der Waals surface area contributed by atoms with Crippen molar-refractivity contribution in [1.82, 2.24) is 4.90 Å². The molecule has 2 N–H and O–H groups in total. The Morgan fingerprint density at radius 3 is 2.94 bits per heavy atom. The van der Waals surface area contributed by atoms with Crippen LogP contribution in [0.25, 0.3) is 0 Å². The molecule has 16 heavy (non-hydrogen) atoms. The first-order chi connectivity index (χ1) is 7.66. The summed E-state index contributed by atoms with van der Waals surface area (Å²) in [6.45, 7) is 3.66. The molecular formula is C12H24N2O2. The second-order valence-corrected chi connectivity index (χ2v) is 4.62. The van der Waals surface area contributed by atoms with Crippen molar-refractivity contribution in [2.75, 3.05) is 20.3 Å². The van der Waals surface area contributed by atoms with Gasteiger partial charge in [0.1, 0.15) is 0 Å². The largest absolute Gasteiger partial charge is 0.385 e. The normalized spacial score (nSPS) is 23.2. The van der Waals surface area contributed by atoms with E-state index in [-0.39, 0.29) is 11.9 Å². The summed E-state index contributed by atoms with van der Waals surface area (Å²) in [4.78, 5) is 14.0. The Balaban J connectivity index is 2.36. The maximum atomic E-state index is 12.1. The van der Waals surface area contributed by atoms with Crippen LogP contribution in [-0.2, 0) is 9.53 Å². The molecule has 0 aliphatic carbocycles. The van der Waals surface area contributed by atoms with Crippen LogP contribution in [0, 0.1) is 0 Å². The molecule has 0 aromatic carbocycles. The second kappa shape index (κ2) is 6.86. The summed E-state index contributed by atoms with van der Waals surface area (Å²) < 4.78 is 4.96. The van der Waals surface area contributed by atoms with Gasteiger partial charge in [-0.1, -0.05) is 0 Å². The average Bonchev–Trinajstić information content (AvgIpc) is 2.29. The summed E-state index contributed by atoms with van der Waals surface area (Å²) >= 11 is 0. The van der Waals surface area contributed by atoms with Gasteiger partial charge in [-0.05, 0) is 39.0 Å². The lowest BCUT2D eigenvalue weighted by Crippen LogP contribution is -2.49. The van der Waals surface area contributed by atoms with Gasteiger partial charge in [-0.3, -0.25) is 4.79 Å². The minimum atomic E-state index is -0.351. The molecule has 0 aromatic rings. The van der Waals surface area contributed by atoms with Crippen LogP contribution in [-0.4, -0.2) is 43.2 Å². The molecule has 0 radical (unpaired) electrons. The molecule has 1 saturated heterocycles. The number of carbonyl (C=O) groups is 1. The van der Waals surface area contributed by atoms with Crippen LogP contribution in [0.15, 0.2) is 0 Å². The zero-order valence-corrected chi connectivity index (χ0v) is 10.4. The molecule has 1 heterocycles. The molecule has 1 aliphatic rings. The van der Waals surface area contributed by atoms with Crippen molar-refractivity contribution in [2.24, 2.45) is 5.73 Å². The summed E-state index contributed by atoms with van der Waals surface area (Å²) in [5.41, 5.74) is 5.90. The molecule has 1 amide bonds. The van der Waals surface area contributed by atoms with Crippen molar-refractivity contribution in [3.05, 3.63) is 0 Å². The van der Waals surface area contributed by atoms with E-state index in [0.717, 1.165) is 32.2 Å². The van der Waals surface area contributed by atoms with Gasteiger partial charge in [0, 0.05) is 26.3 Å². The molecule has 1 aliphatic heterocycles. The smallest absolute Gasteiger partial charge is 0.239 e. The fourth-order valence-corrected chi connectivity index (χ4v) is 2.21. The molecule has 2 unspecified atom stereocenters. The minimum absolute atomic E-state index is 0.114. The molecule has 0 saturated carbocycles. The van der Waals surface area contributed by atoms with Crippen molar-refractivity contribution in [3.63, 3.8) is 0 Å². The molecule has 1 fully saturated rings. The Morgan fingerprint density at radius 1 is 1.56 bits per heavy atom. The third kappa shape index (κ3) is 3.76. The van der Waals surface area contributed by atoms with Crippen LogP contribution < -0.4 is 5.73 Å². The lowest BCUT2D eigenvalue weighted by atomic mass is 10.0. The van der Waals surface area contributed by atoms with E-state index in [4.69, 9.17) is 10.5 Å². The molecule has 0 spiro atoms. The monoisotopic (exact) mass is 228 g/mol.